The normalized spacial score (nSPS) is 17.8. The Morgan fingerprint density at radius 2 is 1.74 bits per heavy atom. The SMILES string of the molecule is COCCCn1cc(C)c2ccc(C[C@@H](C[C@H](NC(=O)[C@@H](N)C(C)C)[C@@H](O)C[C@H](C(=O)NC3CCOCC3)C(C)C)C(C)C)cc21. The second-order valence-electron chi connectivity index (χ2n) is 14.6. The van der Waals surface area contributed by atoms with Crippen LogP contribution < -0.4 is 16.4 Å². The number of ether oxygens (including phenoxy) is 2. The summed E-state index contributed by atoms with van der Waals surface area (Å²) in [5.41, 5.74) is 9.96. The summed E-state index contributed by atoms with van der Waals surface area (Å²) in [6, 6.07) is 5.58. The van der Waals surface area contributed by atoms with Crippen molar-refractivity contribution in [3.63, 3.8) is 0 Å². The first-order valence-corrected chi connectivity index (χ1v) is 17.5. The van der Waals surface area contributed by atoms with Crippen molar-refractivity contribution in [1.29, 1.82) is 0 Å². The van der Waals surface area contributed by atoms with Crippen LogP contribution in [0.4, 0.5) is 0 Å². The minimum absolute atomic E-state index is 0.0278. The zero-order valence-electron chi connectivity index (χ0n) is 29.7. The second kappa shape index (κ2) is 18.2. The van der Waals surface area contributed by atoms with Gasteiger partial charge in [-0.25, -0.2) is 0 Å². The summed E-state index contributed by atoms with van der Waals surface area (Å²) in [7, 11) is 1.73. The van der Waals surface area contributed by atoms with E-state index in [0.29, 0.717) is 25.6 Å². The van der Waals surface area contributed by atoms with Crippen molar-refractivity contribution in [3.05, 3.63) is 35.5 Å². The highest BCUT2D eigenvalue weighted by Crippen LogP contribution is 2.29. The second-order valence-corrected chi connectivity index (χ2v) is 14.6. The molecule has 1 aromatic carbocycles. The largest absolute Gasteiger partial charge is 0.391 e. The van der Waals surface area contributed by atoms with Crippen LogP contribution in [0.5, 0.6) is 0 Å². The monoisotopic (exact) mass is 642 g/mol. The summed E-state index contributed by atoms with van der Waals surface area (Å²) in [5.74, 6) is -0.219. The van der Waals surface area contributed by atoms with Crippen LogP contribution in [0.25, 0.3) is 10.9 Å². The van der Waals surface area contributed by atoms with Crippen LogP contribution >= 0.6 is 0 Å². The third-order valence-corrected chi connectivity index (χ3v) is 9.91. The molecule has 1 aromatic heterocycles. The van der Waals surface area contributed by atoms with Gasteiger partial charge in [0.1, 0.15) is 0 Å². The fourth-order valence-electron chi connectivity index (χ4n) is 6.58. The molecule has 9 heteroatoms. The Balaban J connectivity index is 1.83. The van der Waals surface area contributed by atoms with E-state index in [1.807, 2.05) is 27.7 Å². The molecule has 0 unspecified atom stereocenters. The highest BCUT2D eigenvalue weighted by molar-refractivity contribution is 5.84. The highest BCUT2D eigenvalue weighted by Gasteiger charge is 2.34. The van der Waals surface area contributed by atoms with E-state index >= 15 is 0 Å². The molecular formula is C37H62N4O5. The maximum atomic E-state index is 13.4. The van der Waals surface area contributed by atoms with Crippen LogP contribution in [0.2, 0.25) is 0 Å². The fraction of sp³-hybridized carbons (Fsp3) is 0.730. The molecule has 9 nitrogen and oxygen atoms in total. The lowest BCUT2D eigenvalue weighted by Gasteiger charge is -2.34. The van der Waals surface area contributed by atoms with Crippen molar-refractivity contribution in [2.75, 3.05) is 26.9 Å². The number of hydrogen-bond acceptors (Lipinski definition) is 6. The van der Waals surface area contributed by atoms with Crippen molar-refractivity contribution in [3.8, 4) is 0 Å². The van der Waals surface area contributed by atoms with E-state index < -0.39 is 18.2 Å². The van der Waals surface area contributed by atoms with Crippen LogP contribution in [0.3, 0.4) is 0 Å². The minimum Gasteiger partial charge on any atom is -0.391 e. The van der Waals surface area contributed by atoms with Gasteiger partial charge in [0.05, 0.1) is 18.2 Å². The number of fused-ring (bicyclic) bond motifs is 1. The average molecular weight is 643 g/mol. The maximum absolute atomic E-state index is 13.4. The Morgan fingerprint density at radius 3 is 2.35 bits per heavy atom. The molecule has 2 aromatic rings. The lowest BCUT2D eigenvalue weighted by Crippen LogP contribution is -2.53. The van der Waals surface area contributed by atoms with Crippen LogP contribution in [-0.4, -0.2) is 72.6 Å². The zero-order valence-corrected chi connectivity index (χ0v) is 29.7. The van der Waals surface area contributed by atoms with Gasteiger partial charge in [-0.3, -0.25) is 9.59 Å². The summed E-state index contributed by atoms with van der Waals surface area (Å²) in [6.45, 7) is 17.3. The quantitative estimate of drug-likeness (QED) is 0.170. The Bertz CT molecular complexity index is 1240. The molecule has 260 valence electrons. The van der Waals surface area contributed by atoms with Gasteiger partial charge in [-0.1, -0.05) is 53.7 Å². The molecule has 0 saturated carbocycles. The molecule has 0 aliphatic carbocycles. The van der Waals surface area contributed by atoms with E-state index in [1.165, 1.54) is 22.0 Å². The summed E-state index contributed by atoms with van der Waals surface area (Å²) in [5, 5.41) is 19.3. The van der Waals surface area contributed by atoms with E-state index in [-0.39, 0.29) is 47.9 Å². The standard InChI is InChI=1S/C37H62N4O5/c1-23(2)28(18-27-10-11-30-26(7)22-41(33(30)19-27)14-9-15-45-8)20-32(40-37(44)35(38)25(5)6)34(42)21-31(24(3)4)36(43)39-29-12-16-46-17-13-29/h10-11,19,22-25,28-29,31-32,34-35,42H,9,12-18,20-21,38H2,1-8H3,(H,39,43)(H,40,44)/t28-,31-,32-,34-,35-/m0/s1. The number of carbonyl (C=O) groups is 2. The Hall–Kier alpha value is -2.46. The molecule has 0 bridgehead atoms. The van der Waals surface area contributed by atoms with Crippen molar-refractivity contribution in [2.24, 2.45) is 35.3 Å². The molecule has 1 fully saturated rings. The van der Waals surface area contributed by atoms with Gasteiger partial charge in [0.2, 0.25) is 11.8 Å². The predicted molar refractivity (Wildman–Crippen MR) is 185 cm³/mol. The molecule has 3 rings (SSSR count). The Morgan fingerprint density at radius 1 is 1.04 bits per heavy atom. The van der Waals surface area contributed by atoms with Gasteiger partial charge in [0.15, 0.2) is 0 Å². The first kappa shape index (κ1) is 38.0. The number of nitrogens with one attached hydrogen (secondary N) is 2. The van der Waals surface area contributed by atoms with Crippen molar-refractivity contribution < 1.29 is 24.2 Å². The number of nitrogens with zero attached hydrogens (tertiary/aromatic N) is 1. The fourth-order valence-corrected chi connectivity index (χ4v) is 6.58. The molecule has 1 saturated heterocycles. The smallest absolute Gasteiger partial charge is 0.237 e. The van der Waals surface area contributed by atoms with Gasteiger partial charge >= 0.3 is 0 Å². The van der Waals surface area contributed by atoms with E-state index in [4.69, 9.17) is 15.2 Å². The first-order valence-electron chi connectivity index (χ1n) is 17.5. The number of aliphatic hydroxyl groups is 1. The van der Waals surface area contributed by atoms with Crippen molar-refractivity contribution in [2.45, 2.75) is 118 Å². The molecule has 46 heavy (non-hydrogen) atoms. The molecule has 5 N–H and O–H groups in total. The van der Waals surface area contributed by atoms with Gasteiger partial charge in [0.25, 0.3) is 0 Å². The highest BCUT2D eigenvalue weighted by atomic mass is 16.5. The lowest BCUT2D eigenvalue weighted by molar-refractivity contribution is -0.129. The number of amides is 2. The van der Waals surface area contributed by atoms with E-state index in [9.17, 15) is 14.7 Å². The number of nitrogens with two attached hydrogens (primary N) is 1. The van der Waals surface area contributed by atoms with Gasteiger partial charge in [-0.2, -0.15) is 0 Å². The Kier molecular flexibility index (Phi) is 15.0. The summed E-state index contributed by atoms with van der Waals surface area (Å²) in [6.07, 6.45) is 5.50. The Labute approximate surface area is 277 Å². The number of aryl methyl sites for hydroxylation is 2. The first-order chi connectivity index (χ1) is 21.8. The molecular weight excluding hydrogens is 580 g/mol. The summed E-state index contributed by atoms with van der Waals surface area (Å²) >= 11 is 0. The minimum atomic E-state index is -0.902. The van der Waals surface area contributed by atoms with Gasteiger partial charge in [-0.05, 0) is 86.3 Å². The third kappa shape index (κ3) is 10.8. The topological polar surface area (TPSA) is 128 Å². The van der Waals surface area contributed by atoms with Crippen molar-refractivity contribution >= 4 is 22.7 Å². The van der Waals surface area contributed by atoms with Crippen LogP contribution in [0.15, 0.2) is 24.4 Å². The predicted octanol–water partition coefficient (Wildman–Crippen LogP) is 4.98. The number of carbonyl (C=O) groups excluding carboxylic acids is 2. The van der Waals surface area contributed by atoms with Crippen molar-refractivity contribution in [1.82, 2.24) is 15.2 Å². The molecule has 5 atom stereocenters. The van der Waals surface area contributed by atoms with Gasteiger partial charge < -0.3 is 35.5 Å². The number of aliphatic hydroxyl groups excluding tert-OH is 1. The summed E-state index contributed by atoms with van der Waals surface area (Å²) in [4.78, 5) is 26.7. The number of rotatable bonds is 18. The van der Waals surface area contributed by atoms with E-state index in [0.717, 1.165) is 38.8 Å². The van der Waals surface area contributed by atoms with Gasteiger partial charge in [-0.15, -0.1) is 0 Å². The number of methoxy groups -OCH3 is 1. The van der Waals surface area contributed by atoms with Crippen LogP contribution in [-0.2, 0) is 32.0 Å². The molecule has 0 radical (unpaired) electrons. The number of aromatic nitrogens is 1. The zero-order chi connectivity index (χ0) is 34.0. The molecule has 1 aliphatic heterocycles. The average Bonchev–Trinajstić information content (AvgIpc) is 3.32. The van der Waals surface area contributed by atoms with E-state index in [1.54, 1.807) is 7.11 Å². The van der Waals surface area contributed by atoms with Gasteiger partial charge in [0, 0.05) is 62.5 Å². The maximum Gasteiger partial charge on any atom is 0.237 e. The molecule has 0 spiro atoms. The molecule has 2 heterocycles. The van der Waals surface area contributed by atoms with E-state index in [2.05, 4.69) is 60.4 Å². The number of hydrogen-bond donors (Lipinski definition) is 4. The lowest BCUT2D eigenvalue weighted by atomic mass is 9.80. The molecule has 2 amide bonds. The van der Waals surface area contributed by atoms with Crippen LogP contribution in [0, 0.1) is 36.5 Å². The number of benzene rings is 1. The molecule has 1 aliphatic rings. The van der Waals surface area contributed by atoms with Crippen LogP contribution in [0.1, 0.15) is 84.8 Å². The summed E-state index contributed by atoms with van der Waals surface area (Å²) < 4.78 is 13.1. The third-order valence-electron chi connectivity index (χ3n) is 9.91.